The number of allylic oxidation sites excluding steroid dienone is 1. The third-order valence-corrected chi connectivity index (χ3v) is 6.55. The summed E-state index contributed by atoms with van der Waals surface area (Å²) in [6, 6.07) is 9.93. The summed E-state index contributed by atoms with van der Waals surface area (Å²) in [5.74, 6) is 0.319. The highest BCUT2D eigenvalue weighted by atomic mass is 32.2. The van der Waals surface area contributed by atoms with E-state index in [-0.39, 0.29) is 17.4 Å². The Morgan fingerprint density at radius 2 is 1.63 bits per heavy atom. The average molecular weight is 543 g/mol. The fraction of sp³-hybridized carbons (Fsp3) is 0.185. The summed E-state index contributed by atoms with van der Waals surface area (Å²) in [5.41, 5.74) is 1.48. The molecule has 0 saturated carbocycles. The van der Waals surface area contributed by atoms with E-state index in [1.807, 2.05) is 0 Å². The molecule has 11 heteroatoms. The summed E-state index contributed by atoms with van der Waals surface area (Å²) >= 11 is 0. The van der Waals surface area contributed by atoms with Crippen molar-refractivity contribution in [2.24, 2.45) is 0 Å². The topological polar surface area (TPSA) is 113 Å². The first-order valence-electron chi connectivity index (χ1n) is 11.2. The summed E-state index contributed by atoms with van der Waals surface area (Å²) < 4.78 is 60.0. The Balaban J connectivity index is 1.78. The van der Waals surface area contributed by atoms with Crippen LogP contribution in [0.5, 0.6) is 23.1 Å². The largest absolute Gasteiger partial charge is 0.496 e. The van der Waals surface area contributed by atoms with Gasteiger partial charge in [-0.05, 0) is 42.0 Å². The van der Waals surface area contributed by atoms with Crippen LogP contribution in [0.3, 0.4) is 0 Å². The van der Waals surface area contributed by atoms with Gasteiger partial charge in [0.05, 0.1) is 39.8 Å². The average Bonchev–Trinajstić information content (AvgIpc) is 2.91. The molecule has 0 fully saturated rings. The van der Waals surface area contributed by atoms with Crippen LogP contribution in [0.1, 0.15) is 21.5 Å². The van der Waals surface area contributed by atoms with Gasteiger partial charge in [-0.25, -0.2) is 17.8 Å². The molecule has 1 N–H and O–H groups in total. The Morgan fingerprint density at radius 3 is 2.21 bits per heavy atom. The van der Waals surface area contributed by atoms with Crippen LogP contribution in [0.4, 0.5) is 10.1 Å². The van der Waals surface area contributed by atoms with Gasteiger partial charge in [-0.2, -0.15) is 0 Å². The maximum atomic E-state index is 13.1. The number of ether oxygens (including phenoxy) is 4. The molecule has 0 aliphatic rings. The fourth-order valence-electron chi connectivity index (χ4n) is 3.41. The van der Waals surface area contributed by atoms with Crippen molar-refractivity contribution in [3.8, 4) is 23.1 Å². The molecule has 1 aromatic heterocycles. The van der Waals surface area contributed by atoms with E-state index in [2.05, 4.69) is 10.3 Å². The minimum atomic E-state index is -3.74. The Labute approximate surface area is 220 Å². The molecule has 0 saturated heterocycles. The van der Waals surface area contributed by atoms with Gasteiger partial charge in [-0.3, -0.25) is 4.79 Å². The Kier molecular flexibility index (Phi) is 9.44. The Hall–Kier alpha value is -4.38. The number of carbonyl (C=O) groups is 1. The van der Waals surface area contributed by atoms with Crippen LogP contribution in [0.25, 0.3) is 6.08 Å². The second-order valence-corrected chi connectivity index (χ2v) is 9.69. The van der Waals surface area contributed by atoms with Gasteiger partial charge >= 0.3 is 0 Å². The van der Waals surface area contributed by atoms with Crippen LogP contribution in [0, 0.1) is 5.82 Å². The number of pyridine rings is 1. The van der Waals surface area contributed by atoms with Crippen molar-refractivity contribution < 1.29 is 36.6 Å². The lowest BCUT2D eigenvalue weighted by molar-refractivity contribution is 0.104. The number of benzene rings is 2. The number of rotatable bonds is 12. The number of carbonyl (C=O) groups excluding carboxylic acids is 1. The first-order valence-corrected chi connectivity index (χ1v) is 12.9. The number of nitrogens with zero attached hydrogens (tertiary/aromatic N) is 1. The third-order valence-electron chi connectivity index (χ3n) is 5.27. The van der Waals surface area contributed by atoms with Gasteiger partial charge in [0.2, 0.25) is 5.88 Å². The molecule has 0 unspecified atom stereocenters. The molecule has 3 rings (SSSR count). The van der Waals surface area contributed by atoms with E-state index in [1.165, 1.54) is 77.3 Å². The monoisotopic (exact) mass is 542 g/mol. The van der Waals surface area contributed by atoms with Crippen LogP contribution >= 0.6 is 0 Å². The summed E-state index contributed by atoms with van der Waals surface area (Å²) in [4.78, 5) is 16.4. The molecule has 0 spiro atoms. The highest BCUT2D eigenvalue weighted by molar-refractivity contribution is 7.93. The van der Waals surface area contributed by atoms with Crippen LogP contribution < -0.4 is 24.3 Å². The molecule has 0 aliphatic heterocycles. The van der Waals surface area contributed by atoms with Crippen molar-refractivity contribution in [3.63, 3.8) is 0 Å². The van der Waals surface area contributed by atoms with E-state index < -0.39 is 15.7 Å². The minimum absolute atomic E-state index is 0.202. The summed E-state index contributed by atoms with van der Waals surface area (Å²) in [6.45, 7) is 0. The zero-order valence-corrected chi connectivity index (χ0v) is 22.0. The van der Waals surface area contributed by atoms with Gasteiger partial charge in [0, 0.05) is 41.6 Å². The molecule has 3 aromatic rings. The van der Waals surface area contributed by atoms with Crippen molar-refractivity contribution in [2.75, 3.05) is 33.8 Å². The maximum absolute atomic E-state index is 13.1. The molecule has 0 aliphatic carbocycles. The number of aromatic nitrogens is 1. The molecule has 9 nitrogen and oxygen atoms in total. The number of nitrogens with one attached hydrogen (secondary N) is 1. The molecule has 38 heavy (non-hydrogen) atoms. The molecule has 0 radical (unpaired) electrons. The van der Waals surface area contributed by atoms with Crippen molar-refractivity contribution >= 4 is 27.4 Å². The molecule has 0 amide bonds. The van der Waals surface area contributed by atoms with Gasteiger partial charge in [0.25, 0.3) is 0 Å². The lowest BCUT2D eigenvalue weighted by Crippen LogP contribution is -2.04. The highest BCUT2D eigenvalue weighted by Crippen LogP contribution is 2.35. The van der Waals surface area contributed by atoms with Gasteiger partial charge in [0.1, 0.15) is 28.8 Å². The predicted octanol–water partition coefficient (Wildman–Crippen LogP) is 4.65. The van der Waals surface area contributed by atoms with Crippen molar-refractivity contribution in [1.29, 1.82) is 0 Å². The minimum Gasteiger partial charge on any atom is -0.496 e. The van der Waals surface area contributed by atoms with Crippen LogP contribution in [-0.4, -0.2) is 47.6 Å². The standard InChI is InChI=1S/C27H27FN2O7S/c1-34-21-14-25(35-2)22(26(15-21)36-3)10-12-38(32,33)17-18-13-23(27(37-4)30-16-18)29-11-9-24(31)19-5-7-20(28)8-6-19/h5-16,29H,17H2,1-4H3. The molecule has 1 heterocycles. The van der Waals surface area contributed by atoms with E-state index in [9.17, 15) is 17.6 Å². The first-order chi connectivity index (χ1) is 18.2. The molecular formula is C27H27FN2O7S. The number of anilines is 1. The Morgan fingerprint density at radius 1 is 0.974 bits per heavy atom. The zero-order valence-electron chi connectivity index (χ0n) is 21.2. The number of halogens is 1. The van der Waals surface area contributed by atoms with Crippen molar-refractivity contribution in [2.45, 2.75) is 5.75 Å². The number of methoxy groups -OCH3 is 4. The summed E-state index contributed by atoms with van der Waals surface area (Å²) in [6.07, 6.45) is 5.41. The van der Waals surface area contributed by atoms with Crippen molar-refractivity contribution in [1.82, 2.24) is 4.98 Å². The first kappa shape index (κ1) is 28.2. The predicted molar refractivity (Wildman–Crippen MR) is 142 cm³/mol. The molecule has 0 atom stereocenters. The van der Waals surface area contributed by atoms with Gasteiger partial charge in [-0.15, -0.1) is 0 Å². The van der Waals surface area contributed by atoms with E-state index in [1.54, 1.807) is 18.2 Å². The lowest BCUT2D eigenvalue weighted by atomic mass is 10.1. The molecule has 200 valence electrons. The van der Waals surface area contributed by atoms with E-state index in [0.717, 1.165) is 5.41 Å². The highest BCUT2D eigenvalue weighted by Gasteiger charge is 2.15. The summed E-state index contributed by atoms with van der Waals surface area (Å²) in [7, 11) is 2.08. The van der Waals surface area contributed by atoms with Crippen molar-refractivity contribution in [3.05, 3.63) is 88.9 Å². The Bertz CT molecular complexity index is 1430. The summed E-state index contributed by atoms with van der Waals surface area (Å²) in [5, 5.41) is 3.95. The second-order valence-electron chi connectivity index (χ2n) is 7.80. The van der Waals surface area contributed by atoms with Crippen LogP contribution in [-0.2, 0) is 15.6 Å². The number of ketones is 1. The number of hydrogen-bond donors (Lipinski definition) is 1. The van der Waals surface area contributed by atoms with Crippen LogP contribution in [0.15, 0.2) is 66.3 Å². The maximum Gasteiger partial charge on any atom is 0.237 e. The van der Waals surface area contributed by atoms with Gasteiger partial charge < -0.3 is 24.3 Å². The zero-order chi connectivity index (χ0) is 27.7. The number of sulfone groups is 1. The quantitative estimate of drug-likeness (QED) is 0.258. The van der Waals surface area contributed by atoms with E-state index >= 15 is 0 Å². The third kappa shape index (κ3) is 7.32. The fourth-order valence-corrected chi connectivity index (χ4v) is 4.47. The smallest absolute Gasteiger partial charge is 0.237 e. The SMILES string of the molecule is COc1cc(OC)c(C=CS(=O)(=O)Cc2cnc(OC)c(NC=CC(=O)c3ccc(F)cc3)c2)c(OC)c1. The number of hydrogen-bond acceptors (Lipinski definition) is 9. The second kappa shape index (κ2) is 12.7. The normalized spacial score (nSPS) is 11.5. The molecule has 2 aromatic carbocycles. The molecular weight excluding hydrogens is 515 g/mol. The van der Waals surface area contributed by atoms with Gasteiger partial charge in [-0.1, -0.05) is 0 Å². The van der Waals surface area contributed by atoms with Crippen LogP contribution in [0.2, 0.25) is 0 Å². The van der Waals surface area contributed by atoms with E-state index in [0.29, 0.717) is 39.6 Å². The van der Waals surface area contributed by atoms with E-state index in [4.69, 9.17) is 18.9 Å². The lowest BCUT2D eigenvalue weighted by Gasteiger charge is -2.12. The van der Waals surface area contributed by atoms with Gasteiger partial charge in [0.15, 0.2) is 15.6 Å². The molecule has 0 bridgehead atoms.